The maximum absolute atomic E-state index is 13.1. The Hall–Kier alpha value is -3.88. The highest BCUT2D eigenvalue weighted by Gasteiger charge is 2.34. The molecule has 4 rings (SSSR count). The van der Waals surface area contributed by atoms with Crippen molar-refractivity contribution in [3.63, 3.8) is 0 Å². The molecule has 1 atom stereocenters. The van der Waals surface area contributed by atoms with E-state index in [0.717, 1.165) is 12.1 Å². The summed E-state index contributed by atoms with van der Waals surface area (Å²) in [5.74, 6) is -0.662. The van der Waals surface area contributed by atoms with Gasteiger partial charge >= 0.3 is 6.18 Å². The molecule has 1 saturated heterocycles. The quantitative estimate of drug-likeness (QED) is 0.549. The van der Waals surface area contributed by atoms with E-state index in [4.69, 9.17) is 4.74 Å². The first kappa shape index (κ1) is 23.3. The molecular formula is C25H22F3N3O3. The van der Waals surface area contributed by atoms with Crippen LogP contribution in [0.25, 0.3) is 0 Å². The second-order valence-electron chi connectivity index (χ2n) is 7.85. The molecule has 1 aromatic heterocycles. The Balaban J connectivity index is 1.45. The van der Waals surface area contributed by atoms with E-state index in [-0.39, 0.29) is 29.7 Å². The lowest BCUT2D eigenvalue weighted by molar-refractivity contribution is -0.137. The third-order valence-corrected chi connectivity index (χ3v) is 5.52. The number of carbonyl (C=O) groups excluding carboxylic acids is 2. The van der Waals surface area contributed by atoms with Crippen LogP contribution in [0.1, 0.15) is 39.3 Å². The maximum atomic E-state index is 13.1. The van der Waals surface area contributed by atoms with Crippen LogP contribution in [0.2, 0.25) is 0 Å². The molecule has 9 heteroatoms. The molecule has 1 fully saturated rings. The van der Waals surface area contributed by atoms with Crippen LogP contribution in [0.15, 0.2) is 72.9 Å². The Morgan fingerprint density at radius 2 is 1.85 bits per heavy atom. The Kier molecular flexibility index (Phi) is 6.81. The molecule has 34 heavy (non-hydrogen) atoms. The topological polar surface area (TPSA) is 71.5 Å². The lowest BCUT2D eigenvalue weighted by Gasteiger charge is -2.25. The van der Waals surface area contributed by atoms with Gasteiger partial charge < -0.3 is 15.0 Å². The third kappa shape index (κ3) is 5.36. The summed E-state index contributed by atoms with van der Waals surface area (Å²) in [5, 5.41) is 2.75. The highest BCUT2D eigenvalue weighted by Crippen LogP contribution is 2.30. The number of hydrogen-bond acceptors (Lipinski definition) is 4. The number of nitrogens with one attached hydrogen (secondary N) is 1. The van der Waals surface area contributed by atoms with Crippen LogP contribution in [-0.2, 0) is 6.18 Å². The monoisotopic (exact) mass is 469 g/mol. The number of amides is 2. The van der Waals surface area contributed by atoms with Gasteiger partial charge in [0.15, 0.2) is 11.4 Å². The number of nitrogens with zero attached hydrogens (tertiary/aromatic N) is 2. The summed E-state index contributed by atoms with van der Waals surface area (Å²) in [4.78, 5) is 31.3. The number of carbonyl (C=O) groups is 2. The summed E-state index contributed by atoms with van der Waals surface area (Å²) in [5.41, 5.74) is -0.182. The second-order valence-corrected chi connectivity index (χ2v) is 7.85. The fraction of sp³-hybridized carbons (Fsp3) is 0.240. The fourth-order valence-corrected chi connectivity index (χ4v) is 3.85. The zero-order valence-electron chi connectivity index (χ0n) is 18.1. The SMILES string of the molecule is O=C(Nc1ccccc1)c1ncccc1OC[C@H]1CCCN1C(=O)c1cccc(C(F)(F)F)c1. The molecule has 3 aromatic rings. The number of ether oxygens (including phenoxy) is 1. The van der Waals surface area contributed by atoms with Gasteiger partial charge in [-0.1, -0.05) is 24.3 Å². The Labute approximate surface area is 194 Å². The Morgan fingerprint density at radius 3 is 2.62 bits per heavy atom. The zero-order valence-corrected chi connectivity index (χ0v) is 18.1. The predicted octanol–water partition coefficient (Wildman–Crippen LogP) is 5.04. The van der Waals surface area contributed by atoms with Gasteiger partial charge in [0, 0.05) is 24.0 Å². The smallest absolute Gasteiger partial charge is 0.416 e. The first-order valence-corrected chi connectivity index (χ1v) is 10.8. The minimum Gasteiger partial charge on any atom is -0.489 e. The van der Waals surface area contributed by atoms with Crippen molar-refractivity contribution in [1.82, 2.24) is 9.88 Å². The molecule has 176 valence electrons. The van der Waals surface area contributed by atoms with Crippen molar-refractivity contribution in [3.8, 4) is 5.75 Å². The Morgan fingerprint density at radius 1 is 1.06 bits per heavy atom. The average molecular weight is 469 g/mol. The van der Waals surface area contributed by atoms with Crippen LogP contribution in [-0.4, -0.2) is 40.9 Å². The van der Waals surface area contributed by atoms with Crippen molar-refractivity contribution < 1.29 is 27.5 Å². The molecule has 0 bridgehead atoms. The normalized spacial score (nSPS) is 15.7. The van der Waals surface area contributed by atoms with Crippen molar-refractivity contribution in [3.05, 3.63) is 89.7 Å². The number of anilines is 1. The predicted molar refractivity (Wildman–Crippen MR) is 120 cm³/mol. The summed E-state index contributed by atoms with van der Waals surface area (Å²) in [6.45, 7) is 0.500. The largest absolute Gasteiger partial charge is 0.489 e. The van der Waals surface area contributed by atoms with Crippen molar-refractivity contribution in [1.29, 1.82) is 0 Å². The summed E-state index contributed by atoms with van der Waals surface area (Å²) in [6, 6.07) is 16.2. The zero-order chi connectivity index (χ0) is 24.1. The van der Waals surface area contributed by atoms with Gasteiger partial charge in [-0.05, 0) is 55.3 Å². The summed E-state index contributed by atoms with van der Waals surface area (Å²) < 4.78 is 45.0. The average Bonchev–Trinajstić information content (AvgIpc) is 3.31. The van der Waals surface area contributed by atoms with Gasteiger partial charge in [0.2, 0.25) is 0 Å². The molecule has 6 nitrogen and oxygen atoms in total. The molecule has 0 radical (unpaired) electrons. The lowest BCUT2D eigenvalue weighted by Crippen LogP contribution is -2.39. The van der Waals surface area contributed by atoms with Crippen molar-refractivity contribution >= 4 is 17.5 Å². The van der Waals surface area contributed by atoms with Crippen LogP contribution in [0.5, 0.6) is 5.75 Å². The van der Waals surface area contributed by atoms with Gasteiger partial charge in [-0.15, -0.1) is 0 Å². The summed E-state index contributed by atoms with van der Waals surface area (Å²) in [6.07, 6.45) is -1.71. The molecule has 0 spiro atoms. The number of alkyl halides is 3. The maximum Gasteiger partial charge on any atom is 0.416 e. The van der Waals surface area contributed by atoms with Crippen LogP contribution in [0, 0.1) is 0 Å². The molecule has 0 saturated carbocycles. The number of para-hydroxylation sites is 1. The van der Waals surface area contributed by atoms with Crippen LogP contribution >= 0.6 is 0 Å². The molecule has 0 aliphatic carbocycles. The fourth-order valence-electron chi connectivity index (χ4n) is 3.85. The molecule has 1 aliphatic heterocycles. The van der Waals surface area contributed by atoms with E-state index in [2.05, 4.69) is 10.3 Å². The molecule has 2 heterocycles. The minimum absolute atomic E-state index is 0.0222. The second kappa shape index (κ2) is 9.94. The molecule has 0 unspecified atom stereocenters. The van der Waals surface area contributed by atoms with Crippen LogP contribution in [0.4, 0.5) is 18.9 Å². The number of pyridine rings is 1. The molecule has 1 aliphatic rings. The standard InChI is InChI=1S/C25H22F3N3O3/c26-25(27,28)18-8-4-7-17(15-18)24(33)31-14-6-11-20(31)16-34-21-12-5-13-29-22(21)23(32)30-19-9-2-1-3-10-19/h1-5,7-10,12-13,15,20H,6,11,14,16H2,(H,30,32)/t20-/m1/s1. The van der Waals surface area contributed by atoms with Gasteiger partial charge in [0.25, 0.3) is 11.8 Å². The number of aromatic nitrogens is 1. The van der Waals surface area contributed by atoms with Crippen molar-refractivity contribution in [2.45, 2.75) is 25.1 Å². The highest BCUT2D eigenvalue weighted by atomic mass is 19.4. The number of rotatable bonds is 6. The number of benzene rings is 2. The number of halogens is 3. The highest BCUT2D eigenvalue weighted by molar-refractivity contribution is 6.04. The summed E-state index contributed by atoms with van der Waals surface area (Å²) >= 11 is 0. The van der Waals surface area contributed by atoms with E-state index in [1.54, 1.807) is 36.4 Å². The van der Waals surface area contributed by atoms with Gasteiger partial charge in [0.1, 0.15) is 6.61 Å². The first-order chi connectivity index (χ1) is 16.3. The first-order valence-electron chi connectivity index (χ1n) is 10.8. The van der Waals surface area contributed by atoms with Gasteiger partial charge in [0.05, 0.1) is 11.6 Å². The van der Waals surface area contributed by atoms with E-state index in [1.165, 1.54) is 23.2 Å². The van der Waals surface area contributed by atoms with E-state index in [1.807, 2.05) is 6.07 Å². The van der Waals surface area contributed by atoms with Crippen LogP contribution in [0.3, 0.4) is 0 Å². The third-order valence-electron chi connectivity index (χ3n) is 5.52. The van der Waals surface area contributed by atoms with Crippen molar-refractivity contribution in [2.24, 2.45) is 0 Å². The summed E-state index contributed by atoms with van der Waals surface area (Å²) in [7, 11) is 0. The molecule has 2 aromatic carbocycles. The van der Waals surface area contributed by atoms with Gasteiger partial charge in [-0.2, -0.15) is 13.2 Å². The lowest BCUT2D eigenvalue weighted by atomic mass is 10.1. The Bertz CT molecular complexity index is 1170. The minimum atomic E-state index is -4.53. The molecule has 1 N–H and O–H groups in total. The van der Waals surface area contributed by atoms with Gasteiger partial charge in [-0.25, -0.2) is 4.98 Å². The molecular weight excluding hydrogens is 447 g/mol. The van der Waals surface area contributed by atoms with E-state index < -0.39 is 23.6 Å². The number of likely N-dealkylation sites (tertiary alicyclic amines) is 1. The van der Waals surface area contributed by atoms with Crippen LogP contribution < -0.4 is 10.1 Å². The van der Waals surface area contributed by atoms with E-state index in [9.17, 15) is 22.8 Å². The van der Waals surface area contributed by atoms with Gasteiger partial charge in [-0.3, -0.25) is 9.59 Å². The van der Waals surface area contributed by atoms with Crippen molar-refractivity contribution in [2.75, 3.05) is 18.5 Å². The van der Waals surface area contributed by atoms with E-state index in [0.29, 0.717) is 25.1 Å². The molecule has 2 amide bonds. The number of hydrogen-bond donors (Lipinski definition) is 1. The van der Waals surface area contributed by atoms with E-state index >= 15 is 0 Å².